The van der Waals surface area contributed by atoms with E-state index in [9.17, 15) is 0 Å². The first kappa shape index (κ1) is 25.5. The lowest BCUT2D eigenvalue weighted by molar-refractivity contribution is 0.660. The van der Waals surface area contributed by atoms with E-state index < -0.39 is 0 Å². The van der Waals surface area contributed by atoms with Gasteiger partial charge in [-0.25, -0.2) is 4.98 Å². The van der Waals surface area contributed by atoms with Gasteiger partial charge in [0.25, 0.3) is 0 Å². The van der Waals surface area contributed by atoms with Gasteiger partial charge in [-0.15, -0.1) is 0 Å². The summed E-state index contributed by atoms with van der Waals surface area (Å²) >= 11 is 0. The second-order valence-electron chi connectivity index (χ2n) is 13.0. The van der Waals surface area contributed by atoms with Gasteiger partial charge in [0, 0.05) is 38.1 Å². The van der Waals surface area contributed by atoms with E-state index in [-0.39, 0.29) is 5.41 Å². The predicted molar refractivity (Wildman–Crippen MR) is 190 cm³/mol. The number of hydrogen-bond acceptors (Lipinski definition) is 3. The molecule has 0 fully saturated rings. The molecule has 0 aliphatic heterocycles. The van der Waals surface area contributed by atoms with Gasteiger partial charge in [-0.3, -0.25) is 4.98 Å². The van der Waals surface area contributed by atoms with Crippen molar-refractivity contribution in [2.24, 2.45) is 0 Å². The van der Waals surface area contributed by atoms with Crippen molar-refractivity contribution in [2.75, 3.05) is 0 Å². The van der Waals surface area contributed by atoms with Gasteiger partial charge in [0.1, 0.15) is 11.2 Å². The average molecular weight is 589 g/mol. The number of rotatable bonds is 2. The number of aromatic nitrogens is 2. The van der Waals surface area contributed by atoms with E-state index >= 15 is 0 Å². The molecule has 0 atom stereocenters. The minimum atomic E-state index is -0.189. The van der Waals surface area contributed by atoms with E-state index in [4.69, 9.17) is 14.4 Å². The third kappa shape index (κ3) is 3.43. The molecule has 216 valence electrons. The summed E-state index contributed by atoms with van der Waals surface area (Å²) in [5.41, 5.74) is 13.0. The van der Waals surface area contributed by atoms with Gasteiger partial charge in [-0.1, -0.05) is 123 Å². The molecule has 3 heteroatoms. The van der Waals surface area contributed by atoms with Gasteiger partial charge >= 0.3 is 0 Å². The lowest BCUT2D eigenvalue weighted by Crippen LogP contribution is -2.15. The normalized spacial score (nSPS) is 13.6. The first-order valence-corrected chi connectivity index (χ1v) is 15.8. The Morgan fingerprint density at radius 2 is 1.09 bits per heavy atom. The molecule has 0 amide bonds. The summed E-state index contributed by atoms with van der Waals surface area (Å²) in [5.74, 6) is 0. The maximum atomic E-state index is 6.40. The van der Waals surface area contributed by atoms with E-state index in [0.29, 0.717) is 0 Å². The van der Waals surface area contributed by atoms with Crippen molar-refractivity contribution in [3.63, 3.8) is 0 Å². The molecule has 2 heterocycles. The Balaban J connectivity index is 1.11. The summed E-state index contributed by atoms with van der Waals surface area (Å²) in [4.78, 5) is 10.3. The molecular weight excluding hydrogens is 560 g/mol. The molecule has 1 aliphatic carbocycles. The quantitative estimate of drug-likeness (QED) is 0.189. The molecule has 0 unspecified atom stereocenters. The van der Waals surface area contributed by atoms with Crippen LogP contribution in [0.25, 0.3) is 88.0 Å². The highest BCUT2D eigenvalue weighted by molar-refractivity contribution is 6.23. The largest absolute Gasteiger partial charge is 0.455 e. The molecule has 0 spiro atoms. The van der Waals surface area contributed by atoms with E-state index in [0.717, 1.165) is 60.6 Å². The SMILES string of the molecule is CC1(C)c2cc(-c3cnc4c5ccccc5c5ccccc5c4n3)ccc2-c2ccc(-c3cccc4c3oc3ccccc34)cc21. The van der Waals surface area contributed by atoms with E-state index in [1.165, 1.54) is 38.6 Å². The fraction of sp³-hybridized carbons (Fsp3) is 0.0698. The second kappa shape index (κ2) is 9.12. The molecule has 0 N–H and O–H groups in total. The van der Waals surface area contributed by atoms with E-state index in [1.807, 2.05) is 18.3 Å². The summed E-state index contributed by atoms with van der Waals surface area (Å²) in [6.07, 6.45) is 1.94. The number of benzene rings is 7. The molecule has 1 aliphatic rings. The highest BCUT2D eigenvalue weighted by atomic mass is 16.3. The Labute approximate surface area is 265 Å². The first-order chi connectivity index (χ1) is 22.6. The van der Waals surface area contributed by atoms with Gasteiger partial charge in [0.2, 0.25) is 0 Å². The number of hydrogen-bond donors (Lipinski definition) is 0. The van der Waals surface area contributed by atoms with Crippen LogP contribution in [-0.2, 0) is 5.41 Å². The van der Waals surface area contributed by atoms with Crippen molar-refractivity contribution < 1.29 is 4.42 Å². The van der Waals surface area contributed by atoms with Crippen LogP contribution in [0.3, 0.4) is 0 Å². The van der Waals surface area contributed by atoms with E-state index in [2.05, 4.69) is 129 Å². The zero-order chi connectivity index (χ0) is 30.6. The highest BCUT2D eigenvalue weighted by Gasteiger charge is 2.36. The molecule has 10 rings (SSSR count). The third-order valence-electron chi connectivity index (χ3n) is 10.1. The molecule has 0 bridgehead atoms. The van der Waals surface area contributed by atoms with Crippen molar-refractivity contribution in [1.82, 2.24) is 9.97 Å². The highest BCUT2D eigenvalue weighted by Crippen LogP contribution is 2.51. The second-order valence-corrected chi connectivity index (χ2v) is 13.0. The fourth-order valence-electron chi connectivity index (χ4n) is 7.80. The summed E-state index contributed by atoms with van der Waals surface area (Å²) in [6.45, 7) is 4.66. The van der Waals surface area contributed by atoms with Crippen LogP contribution in [0.15, 0.2) is 138 Å². The van der Waals surface area contributed by atoms with Crippen LogP contribution in [0.5, 0.6) is 0 Å². The summed E-state index contributed by atoms with van der Waals surface area (Å²) < 4.78 is 6.40. The Morgan fingerprint density at radius 1 is 0.500 bits per heavy atom. The fourth-order valence-corrected chi connectivity index (χ4v) is 7.80. The Kier molecular flexibility index (Phi) is 5.06. The van der Waals surface area contributed by atoms with Crippen molar-refractivity contribution in [1.29, 1.82) is 0 Å². The van der Waals surface area contributed by atoms with Gasteiger partial charge < -0.3 is 4.42 Å². The average Bonchev–Trinajstić information content (AvgIpc) is 3.60. The number of furan rings is 1. The number of nitrogens with zero attached hydrogens (tertiary/aromatic N) is 2. The van der Waals surface area contributed by atoms with Gasteiger partial charge in [0.15, 0.2) is 0 Å². The van der Waals surface area contributed by atoms with Crippen LogP contribution in [-0.4, -0.2) is 9.97 Å². The van der Waals surface area contributed by atoms with Crippen LogP contribution in [0, 0.1) is 0 Å². The minimum Gasteiger partial charge on any atom is -0.455 e. The van der Waals surface area contributed by atoms with Crippen molar-refractivity contribution in [2.45, 2.75) is 19.3 Å². The van der Waals surface area contributed by atoms with Crippen molar-refractivity contribution >= 4 is 54.5 Å². The summed E-state index contributed by atoms with van der Waals surface area (Å²) in [7, 11) is 0. The number of para-hydroxylation sites is 2. The predicted octanol–water partition coefficient (Wildman–Crippen LogP) is 11.5. The van der Waals surface area contributed by atoms with E-state index in [1.54, 1.807) is 0 Å². The molecule has 0 saturated carbocycles. The van der Waals surface area contributed by atoms with Crippen LogP contribution in [0.1, 0.15) is 25.0 Å². The van der Waals surface area contributed by atoms with Crippen LogP contribution >= 0.6 is 0 Å². The lowest BCUT2D eigenvalue weighted by atomic mass is 9.81. The van der Waals surface area contributed by atoms with Crippen LogP contribution in [0.4, 0.5) is 0 Å². The maximum Gasteiger partial charge on any atom is 0.143 e. The Morgan fingerprint density at radius 3 is 1.83 bits per heavy atom. The Bertz CT molecular complexity index is 2700. The molecule has 46 heavy (non-hydrogen) atoms. The van der Waals surface area contributed by atoms with Crippen molar-refractivity contribution in [3.8, 4) is 33.5 Å². The standard InChI is InChI=1S/C43H28N2O/c1-43(2)36-22-25(27-15-9-16-35-32-12-7-8-17-39(32)46-42(27)35)18-20-30(36)31-21-19-26(23-37(31)43)38-24-44-40-33-13-5-3-10-28(33)29-11-4-6-14-34(29)41(40)45-38/h3-24H,1-2H3. The molecule has 9 aromatic rings. The molecule has 0 radical (unpaired) electrons. The summed E-state index contributed by atoms with van der Waals surface area (Å²) in [6, 6.07) is 45.4. The first-order valence-electron chi connectivity index (χ1n) is 15.8. The summed E-state index contributed by atoms with van der Waals surface area (Å²) in [5, 5.41) is 6.98. The molecule has 0 saturated heterocycles. The topological polar surface area (TPSA) is 38.9 Å². The lowest BCUT2D eigenvalue weighted by Gasteiger charge is -2.22. The van der Waals surface area contributed by atoms with Gasteiger partial charge in [-0.2, -0.15) is 0 Å². The van der Waals surface area contributed by atoms with Crippen LogP contribution in [0.2, 0.25) is 0 Å². The zero-order valence-electron chi connectivity index (χ0n) is 25.5. The Hall–Kier alpha value is -5.80. The smallest absolute Gasteiger partial charge is 0.143 e. The number of fused-ring (bicyclic) bond motifs is 12. The zero-order valence-corrected chi connectivity index (χ0v) is 25.5. The maximum absolute atomic E-state index is 6.40. The molecule has 2 aromatic heterocycles. The van der Waals surface area contributed by atoms with Gasteiger partial charge in [-0.05, 0) is 56.8 Å². The molecular formula is C43H28N2O. The third-order valence-corrected chi connectivity index (χ3v) is 10.1. The molecule has 7 aromatic carbocycles. The van der Waals surface area contributed by atoms with Crippen LogP contribution < -0.4 is 0 Å². The minimum absolute atomic E-state index is 0.189. The molecule has 3 nitrogen and oxygen atoms in total. The monoisotopic (exact) mass is 588 g/mol. The van der Waals surface area contributed by atoms with Gasteiger partial charge in [0.05, 0.1) is 22.9 Å². The van der Waals surface area contributed by atoms with Crippen molar-refractivity contribution in [3.05, 3.63) is 145 Å².